The molecule has 3 N–H and O–H groups in total. The van der Waals surface area contributed by atoms with E-state index in [-0.39, 0.29) is 11.3 Å². The van der Waals surface area contributed by atoms with Gasteiger partial charge in [-0.1, -0.05) is 6.07 Å². The highest BCUT2D eigenvalue weighted by Crippen LogP contribution is 2.16. The minimum Gasteiger partial charge on any atom is -0.508 e. The van der Waals surface area contributed by atoms with Gasteiger partial charge in [0.1, 0.15) is 17.4 Å². The van der Waals surface area contributed by atoms with Crippen LogP contribution in [0, 0.1) is 11.3 Å². The van der Waals surface area contributed by atoms with Gasteiger partial charge in [0.25, 0.3) is 5.91 Å². The second kappa shape index (κ2) is 8.89. The van der Waals surface area contributed by atoms with Crippen LogP contribution in [0.15, 0.2) is 60.3 Å². The Balaban J connectivity index is 2.03. The molecule has 7 heteroatoms. The van der Waals surface area contributed by atoms with Crippen LogP contribution < -0.4 is 10.6 Å². The molecule has 0 bridgehead atoms. The monoisotopic (exact) mass is 351 g/mol. The average molecular weight is 351 g/mol. The number of aromatic hydroxyl groups is 1. The number of nitrogens with zero attached hydrogens (tertiary/aromatic N) is 1. The summed E-state index contributed by atoms with van der Waals surface area (Å²) in [5.74, 6) is -1.03. The maximum Gasteiger partial charge on any atom is 0.338 e. The number of ether oxygens (including phenoxy) is 1. The number of rotatable bonds is 6. The van der Waals surface area contributed by atoms with E-state index in [2.05, 4.69) is 10.6 Å². The van der Waals surface area contributed by atoms with E-state index in [1.54, 1.807) is 49.4 Å². The van der Waals surface area contributed by atoms with Gasteiger partial charge in [0, 0.05) is 23.6 Å². The number of amides is 1. The van der Waals surface area contributed by atoms with Crippen LogP contribution in [0.2, 0.25) is 0 Å². The average Bonchev–Trinajstić information content (AvgIpc) is 2.63. The number of phenolic OH excluding ortho intramolecular Hbond substituents is 1. The van der Waals surface area contributed by atoms with Gasteiger partial charge in [-0.05, 0) is 43.3 Å². The topological polar surface area (TPSA) is 111 Å². The molecule has 0 saturated heterocycles. The minimum absolute atomic E-state index is 0.00472. The SMILES string of the molecule is CCOC(=O)c1ccc(N/C=C(/C#N)C(=O)Nc2cccc(O)c2)cc1. The summed E-state index contributed by atoms with van der Waals surface area (Å²) in [6.45, 7) is 2.02. The van der Waals surface area contributed by atoms with Crippen molar-refractivity contribution in [3.63, 3.8) is 0 Å². The lowest BCUT2D eigenvalue weighted by molar-refractivity contribution is -0.112. The largest absolute Gasteiger partial charge is 0.508 e. The van der Waals surface area contributed by atoms with Crippen LogP contribution in [0.25, 0.3) is 0 Å². The van der Waals surface area contributed by atoms with Crippen molar-refractivity contribution in [2.75, 3.05) is 17.2 Å². The summed E-state index contributed by atoms with van der Waals surface area (Å²) >= 11 is 0. The van der Waals surface area contributed by atoms with Crippen molar-refractivity contribution in [3.8, 4) is 11.8 Å². The summed E-state index contributed by atoms with van der Waals surface area (Å²) in [5.41, 5.74) is 1.22. The van der Waals surface area contributed by atoms with E-state index in [9.17, 15) is 14.7 Å². The number of hydrogen-bond donors (Lipinski definition) is 3. The molecule has 0 fully saturated rings. The minimum atomic E-state index is -0.617. The summed E-state index contributed by atoms with van der Waals surface area (Å²) in [6, 6.07) is 14.2. The number of anilines is 2. The lowest BCUT2D eigenvalue weighted by atomic mass is 10.2. The van der Waals surface area contributed by atoms with Crippen molar-refractivity contribution in [2.45, 2.75) is 6.92 Å². The zero-order valence-corrected chi connectivity index (χ0v) is 14.0. The summed E-state index contributed by atoms with van der Waals surface area (Å²) in [6.07, 6.45) is 1.26. The van der Waals surface area contributed by atoms with Gasteiger partial charge >= 0.3 is 5.97 Å². The van der Waals surface area contributed by atoms with Crippen molar-refractivity contribution < 1.29 is 19.4 Å². The standard InChI is InChI=1S/C19H17N3O4/c1-2-26-19(25)13-6-8-15(9-7-13)21-12-14(11-20)18(24)22-16-4-3-5-17(23)10-16/h3-10,12,21,23H,2H2,1H3,(H,22,24)/b14-12-. The molecule has 0 aliphatic rings. The van der Waals surface area contributed by atoms with Crippen LogP contribution in [-0.4, -0.2) is 23.6 Å². The fraction of sp³-hybridized carbons (Fsp3) is 0.105. The Kier molecular flexibility index (Phi) is 6.34. The Hall–Kier alpha value is -3.79. The normalized spacial score (nSPS) is 10.5. The molecule has 132 valence electrons. The predicted molar refractivity (Wildman–Crippen MR) is 96.5 cm³/mol. The molecule has 0 aromatic heterocycles. The van der Waals surface area contributed by atoms with E-state index in [4.69, 9.17) is 10.00 Å². The van der Waals surface area contributed by atoms with Crippen LogP contribution in [0.5, 0.6) is 5.75 Å². The lowest BCUT2D eigenvalue weighted by Gasteiger charge is -2.06. The van der Waals surface area contributed by atoms with Gasteiger partial charge in [0.2, 0.25) is 0 Å². The number of phenols is 1. The van der Waals surface area contributed by atoms with E-state index in [0.29, 0.717) is 23.5 Å². The number of esters is 1. The molecular formula is C19H17N3O4. The third-order valence-corrected chi connectivity index (χ3v) is 3.25. The number of nitriles is 1. The highest BCUT2D eigenvalue weighted by atomic mass is 16.5. The fourth-order valence-electron chi connectivity index (χ4n) is 2.00. The van der Waals surface area contributed by atoms with Crippen molar-refractivity contribution in [1.82, 2.24) is 0 Å². The quantitative estimate of drug-likeness (QED) is 0.419. The van der Waals surface area contributed by atoms with Crippen molar-refractivity contribution in [1.29, 1.82) is 5.26 Å². The van der Waals surface area contributed by atoms with E-state index >= 15 is 0 Å². The molecule has 0 spiro atoms. The Morgan fingerprint density at radius 2 is 1.92 bits per heavy atom. The van der Waals surface area contributed by atoms with Crippen molar-refractivity contribution in [3.05, 3.63) is 65.9 Å². The highest BCUT2D eigenvalue weighted by Gasteiger charge is 2.10. The molecule has 0 aliphatic heterocycles. The van der Waals surface area contributed by atoms with Crippen molar-refractivity contribution >= 4 is 23.3 Å². The van der Waals surface area contributed by atoms with Crippen molar-refractivity contribution in [2.24, 2.45) is 0 Å². The van der Waals surface area contributed by atoms with Crippen LogP contribution in [-0.2, 0) is 9.53 Å². The van der Waals surface area contributed by atoms with Gasteiger partial charge < -0.3 is 20.5 Å². The summed E-state index contributed by atoms with van der Waals surface area (Å²) in [4.78, 5) is 23.7. The molecule has 0 radical (unpaired) electrons. The number of carbonyl (C=O) groups is 2. The van der Waals surface area contributed by atoms with E-state index < -0.39 is 11.9 Å². The number of hydrogen-bond acceptors (Lipinski definition) is 6. The maximum atomic E-state index is 12.1. The molecule has 2 aromatic rings. The first-order valence-electron chi connectivity index (χ1n) is 7.78. The maximum absolute atomic E-state index is 12.1. The molecule has 7 nitrogen and oxygen atoms in total. The Bertz CT molecular complexity index is 867. The number of carbonyl (C=O) groups excluding carboxylic acids is 2. The Morgan fingerprint density at radius 1 is 1.19 bits per heavy atom. The van der Waals surface area contributed by atoms with E-state index in [0.717, 1.165) is 0 Å². The third-order valence-electron chi connectivity index (χ3n) is 3.25. The zero-order chi connectivity index (χ0) is 18.9. The van der Waals surface area contributed by atoms with Crippen LogP contribution in [0.4, 0.5) is 11.4 Å². The second-order valence-corrected chi connectivity index (χ2v) is 5.12. The first-order chi connectivity index (χ1) is 12.5. The predicted octanol–water partition coefficient (Wildman–Crippen LogP) is 3.03. The number of nitrogens with one attached hydrogen (secondary N) is 2. The van der Waals surface area contributed by atoms with Gasteiger partial charge in [0.05, 0.1) is 12.2 Å². The fourth-order valence-corrected chi connectivity index (χ4v) is 2.00. The van der Waals surface area contributed by atoms with E-state index in [1.807, 2.05) is 0 Å². The molecule has 2 rings (SSSR count). The molecule has 0 saturated carbocycles. The third kappa shape index (κ3) is 5.11. The molecule has 26 heavy (non-hydrogen) atoms. The second-order valence-electron chi connectivity index (χ2n) is 5.12. The summed E-state index contributed by atoms with van der Waals surface area (Å²) in [7, 11) is 0. The molecular weight excluding hydrogens is 334 g/mol. The highest BCUT2D eigenvalue weighted by molar-refractivity contribution is 6.06. The lowest BCUT2D eigenvalue weighted by Crippen LogP contribution is -2.14. The zero-order valence-electron chi connectivity index (χ0n) is 14.0. The molecule has 0 aliphatic carbocycles. The van der Waals surface area contributed by atoms with Gasteiger partial charge in [-0.15, -0.1) is 0 Å². The molecule has 2 aromatic carbocycles. The summed E-state index contributed by atoms with van der Waals surface area (Å²) in [5, 5.41) is 23.9. The smallest absolute Gasteiger partial charge is 0.338 e. The molecule has 1 amide bonds. The number of benzene rings is 2. The van der Waals surface area contributed by atoms with Crippen LogP contribution in [0.1, 0.15) is 17.3 Å². The van der Waals surface area contributed by atoms with E-state index in [1.165, 1.54) is 18.3 Å². The van der Waals surface area contributed by atoms with Crippen LogP contribution in [0.3, 0.4) is 0 Å². The summed E-state index contributed by atoms with van der Waals surface area (Å²) < 4.78 is 4.89. The van der Waals surface area contributed by atoms with Crippen LogP contribution >= 0.6 is 0 Å². The Labute approximate surface area is 150 Å². The van der Waals surface area contributed by atoms with Gasteiger partial charge in [-0.3, -0.25) is 4.79 Å². The van der Waals surface area contributed by atoms with Gasteiger partial charge in [0.15, 0.2) is 0 Å². The Morgan fingerprint density at radius 3 is 2.54 bits per heavy atom. The first kappa shape index (κ1) is 18.5. The molecule has 0 heterocycles. The van der Waals surface area contributed by atoms with Gasteiger partial charge in [-0.25, -0.2) is 4.79 Å². The van der Waals surface area contributed by atoms with Gasteiger partial charge in [-0.2, -0.15) is 5.26 Å². The first-order valence-corrected chi connectivity index (χ1v) is 7.78. The molecule has 0 atom stereocenters. The molecule has 0 unspecified atom stereocenters.